The Bertz CT molecular complexity index is 2000. The molecular formula is C32H36N8O4. The van der Waals surface area contributed by atoms with Gasteiger partial charge in [-0.15, -0.1) is 5.92 Å². The average Bonchev–Trinajstić information content (AvgIpc) is 3.36. The normalized spacial score (nSPS) is 16.2. The fraction of sp³-hybridized carbons (Fsp3) is 0.406. The van der Waals surface area contributed by atoms with Crippen molar-refractivity contribution < 1.29 is 9.53 Å². The van der Waals surface area contributed by atoms with Crippen LogP contribution in [-0.4, -0.2) is 55.3 Å². The molecule has 2 aliphatic rings. The van der Waals surface area contributed by atoms with Crippen LogP contribution in [0.2, 0.25) is 0 Å². The van der Waals surface area contributed by atoms with E-state index in [2.05, 4.69) is 22.5 Å². The van der Waals surface area contributed by atoms with Gasteiger partial charge in [0.1, 0.15) is 11.4 Å². The standard InChI is InChI=1S/C32H36N8O4/c1-6-7-17-39-26-27(36-29(39)38-16-10-13-21(18-38)33-30(42)44-32(2,3)4)37(5)31(43)40(28(26)41)19-24-34-22-14-8-11-20-12-9-15-23(35-24)25(20)22/h8-9,11-12,14-15,21H,10,13,16-19H2,1-5H3,(H,33,42)(H,34,35)/t21-/m1/s1. The summed E-state index contributed by atoms with van der Waals surface area (Å²) in [6, 6.07) is 11.6. The highest BCUT2D eigenvalue weighted by Crippen LogP contribution is 2.35. The minimum Gasteiger partial charge on any atom is -0.444 e. The molecule has 6 rings (SSSR count). The predicted octanol–water partition coefficient (Wildman–Crippen LogP) is 3.72. The second-order valence-electron chi connectivity index (χ2n) is 12.1. The number of rotatable bonds is 5. The minimum absolute atomic E-state index is 0.0439. The molecule has 0 saturated carbocycles. The van der Waals surface area contributed by atoms with Crippen molar-refractivity contribution >= 4 is 51.2 Å². The average molecular weight is 597 g/mol. The molecule has 0 bridgehead atoms. The van der Waals surface area contributed by atoms with Crippen molar-refractivity contribution in [2.75, 3.05) is 23.3 Å². The van der Waals surface area contributed by atoms with Crippen molar-refractivity contribution in [3.05, 3.63) is 57.2 Å². The number of hydrogen-bond donors (Lipinski definition) is 2. The maximum atomic E-state index is 14.1. The lowest BCUT2D eigenvalue weighted by Crippen LogP contribution is -2.49. The molecule has 1 saturated heterocycles. The number of ether oxygens (including phenoxy) is 1. The first-order valence-corrected chi connectivity index (χ1v) is 14.7. The zero-order valence-electron chi connectivity index (χ0n) is 25.6. The smallest absolute Gasteiger partial charge is 0.407 e. The Morgan fingerprint density at radius 3 is 2.68 bits per heavy atom. The first-order valence-electron chi connectivity index (χ1n) is 14.7. The van der Waals surface area contributed by atoms with Crippen LogP contribution in [0.15, 0.2) is 51.0 Å². The van der Waals surface area contributed by atoms with Crippen molar-refractivity contribution in [1.29, 1.82) is 0 Å². The molecule has 1 fully saturated rings. The Hall–Kier alpha value is -5.05. The van der Waals surface area contributed by atoms with E-state index in [0.717, 1.165) is 35.0 Å². The van der Waals surface area contributed by atoms with Crippen LogP contribution in [0.1, 0.15) is 40.5 Å². The highest BCUT2D eigenvalue weighted by molar-refractivity contribution is 6.13. The molecule has 1 amide bonds. The van der Waals surface area contributed by atoms with Gasteiger partial charge in [0.05, 0.1) is 18.8 Å². The first kappa shape index (κ1) is 29.0. The highest BCUT2D eigenvalue weighted by atomic mass is 16.6. The number of hydrogen-bond acceptors (Lipinski definition) is 8. The largest absolute Gasteiger partial charge is 0.444 e. The Morgan fingerprint density at radius 1 is 1.16 bits per heavy atom. The molecule has 1 atom stereocenters. The fourth-order valence-electron chi connectivity index (χ4n) is 5.87. The fourth-order valence-corrected chi connectivity index (χ4v) is 5.87. The second kappa shape index (κ2) is 11.2. The summed E-state index contributed by atoms with van der Waals surface area (Å²) in [6.07, 6.45) is 1.10. The zero-order valence-corrected chi connectivity index (χ0v) is 25.6. The van der Waals surface area contributed by atoms with Gasteiger partial charge >= 0.3 is 11.8 Å². The van der Waals surface area contributed by atoms with E-state index in [-0.39, 0.29) is 30.3 Å². The lowest BCUT2D eigenvalue weighted by Gasteiger charge is -2.34. The first-order chi connectivity index (χ1) is 21.0. The van der Waals surface area contributed by atoms with E-state index in [1.807, 2.05) is 62.1 Å². The molecule has 2 aromatic heterocycles. The molecular weight excluding hydrogens is 560 g/mol. The predicted molar refractivity (Wildman–Crippen MR) is 172 cm³/mol. The van der Waals surface area contributed by atoms with Gasteiger partial charge in [-0.05, 0) is 58.1 Å². The molecule has 228 valence electrons. The van der Waals surface area contributed by atoms with Gasteiger partial charge in [0.15, 0.2) is 11.2 Å². The number of benzene rings is 2. The summed E-state index contributed by atoms with van der Waals surface area (Å²) < 4.78 is 9.81. The number of fused-ring (bicyclic) bond motifs is 1. The number of amidine groups is 1. The summed E-state index contributed by atoms with van der Waals surface area (Å²) in [5.41, 5.74) is 0.644. The van der Waals surface area contributed by atoms with Crippen LogP contribution < -0.4 is 26.8 Å². The molecule has 2 N–H and O–H groups in total. The number of imidazole rings is 1. The van der Waals surface area contributed by atoms with Crippen LogP contribution in [0.4, 0.5) is 22.1 Å². The quantitative estimate of drug-likeness (QED) is 0.336. The number of anilines is 2. The minimum atomic E-state index is -0.606. The Kier molecular flexibility index (Phi) is 7.41. The van der Waals surface area contributed by atoms with Crippen LogP contribution in [0.5, 0.6) is 0 Å². The van der Waals surface area contributed by atoms with Gasteiger partial charge in [-0.2, -0.15) is 4.98 Å². The van der Waals surface area contributed by atoms with Crippen molar-refractivity contribution in [1.82, 2.24) is 24.0 Å². The molecule has 2 aromatic carbocycles. The van der Waals surface area contributed by atoms with E-state index in [1.165, 1.54) is 9.13 Å². The van der Waals surface area contributed by atoms with Crippen molar-refractivity contribution in [3.8, 4) is 11.8 Å². The van der Waals surface area contributed by atoms with E-state index < -0.39 is 22.9 Å². The highest BCUT2D eigenvalue weighted by Gasteiger charge is 2.29. The number of aryl methyl sites for hydroxylation is 1. The number of aliphatic imine (C=N–C) groups is 1. The molecule has 0 radical (unpaired) electrons. The number of amides is 1. The SMILES string of the molecule is CC#CCn1c(N2CCC[C@@H](NC(=O)OC(C)(C)C)C2)nc2c1c(=O)n(CC1=Nc3cccc4cccc(c34)N1)c(=O)n2C. The Balaban J connectivity index is 1.38. The number of alkyl carbamates (subject to hydrolysis) is 1. The van der Waals surface area contributed by atoms with E-state index >= 15 is 0 Å². The van der Waals surface area contributed by atoms with Crippen molar-refractivity contribution in [2.24, 2.45) is 12.0 Å². The van der Waals surface area contributed by atoms with Crippen molar-refractivity contribution in [3.63, 3.8) is 0 Å². The zero-order chi connectivity index (χ0) is 31.2. The number of nitrogens with one attached hydrogen (secondary N) is 2. The van der Waals surface area contributed by atoms with Crippen molar-refractivity contribution in [2.45, 2.75) is 65.3 Å². The Morgan fingerprint density at radius 2 is 1.93 bits per heavy atom. The molecule has 12 heteroatoms. The van der Waals surface area contributed by atoms with E-state index in [9.17, 15) is 14.4 Å². The van der Waals surface area contributed by atoms with Crippen LogP contribution in [-0.2, 0) is 24.9 Å². The number of carbonyl (C=O) groups is 1. The summed E-state index contributed by atoms with van der Waals surface area (Å²) in [5.74, 6) is 6.98. The summed E-state index contributed by atoms with van der Waals surface area (Å²) in [4.78, 5) is 51.8. The molecule has 0 aliphatic carbocycles. The monoisotopic (exact) mass is 596 g/mol. The topological polar surface area (TPSA) is 128 Å². The summed E-state index contributed by atoms with van der Waals surface area (Å²) >= 11 is 0. The number of piperidine rings is 1. The van der Waals surface area contributed by atoms with Crippen LogP contribution in [0, 0.1) is 11.8 Å². The van der Waals surface area contributed by atoms with E-state index in [1.54, 1.807) is 18.5 Å². The number of carbonyl (C=O) groups excluding carboxylic acids is 1. The molecule has 0 unspecified atom stereocenters. The second-order valence-corrected chi connectivity index (χ2v) is 12.1. The van der Waals surface area contributed by atoms with Crippen LogP contribution in [0.25, 0.3) is 21.9 Å². The van der Waals surface area contributed by atoms with Gasteiger partial charge in [-0.1, -0.05) is 30.2 Å². The lowest BCUT2D eigenvalue weighted by atomic mass is 10.1. The van der Waals surface area contributed by atoms with Crippen LogP contribution >= 0.6 is 0 Å². The molecule has 2 aliphatic heterocycles. The molecule has 4 aromatic rings. The lowest BCUT2D eigenvalue weighted by molar-refractivity contribution is 0.0499. The number of aromatic nitrogens is 4. The van der Waals surface area contributed by atoms with Gasteiger partial charge in [0.25, 0.3) is 5.56 Å². The molecule has 44 heavy (non-hydrogen) atoms. The third-order valence-electron chi connectivity index (χ3n) is 7.78. The van der Waals surface area contributed by atoms with Crippen LogP contribution in [0.3, 0.4) is 0 Å². The third kappa shape index (κ3) is 5.41. The molecule has 12 nitrogen and oxygen atoms in total. The maximum absolute atomic E-state index is 14.1. The summed E-state index contributed by atoms with van der Waals surface area (Å²) in [5, 5.41) is 8.33. The summed E-state index contributed by atoms with van der Waals surface area (Å²) in [7, 11) is 1.61. The molecule has 0 spiro atoms. The maximum Gasteiger partial charge on any atom is 0.407 e. The summed E-state index contributed by atoms with van der Waals surface area (Å²) in [6.45, 7) is 8.51. The van der Waals surface area contributed by atoms with E-state index in [4.69, 9.17) is 14.7 Å². The molecule has 4 heterocycles. The van der Waals surface area contributed by atoms with Gasteiger partial charge in [-0.3, -0.25) is 18.5 Å². The number of nitrogens with zero attached hydrogens (tertiary/aromatic N) is 6. The van der Waals surface area contributed by atoms with Gasteiger partial charge in [0.2, 0.25) is 5.95 Å². The third-order valence-corrected chi connectivity index (χ3v) is 7.78. The van der Waals surface area contributed by atoms with Gasteiger partial charge in [-0.25, -0.2) is 14.6 Å². The Labute approximate surface area is 254 Å². The van der Waals surface area contributed by atoms with Gasteiger partial charge in [0, 0.05) is 37.3 Å². The van der Waals surface area contributed by atoms with E-state index in [0.29, 0.717) is 24.9 Å². The van der Waals surface area contributed by atoms with Gasteiger partial charge < -0.3 is 20.3 Å².